The molecular weight excluding hydrogens is 377 g/mol. The van der Waals surface area contributed by atoms with Crippen molar-refractivity contribution in [1.82, 2.24) is 14.7 Å². The molecule has 0 aliphatic carbocycles. The summed E-state index contributed by atoms with van der Waals surface area (Å²) in [6, 6.07) is 6.18. The molecule has 150 valence electrons. The molecule has 0 unspecified atom stereocenters. The lowest BCUT2D eigenvalue weighted by atomic mass is 9.99. The van der Waals surface area contributed by atoms with Crippen LogP contribution < -0.4 is 20.8 Å². The lowest BCUT2D eigenvalue weighted by Gasteiger charge is -2.15. The standard InChI is InChI=1S/C18H26BN5O3S/c1-12(2)7-8-21-28(26,27)15-6-4-5-14(9-15)23-18-20-10-16(19)17(24-18)22-13(3)11-25/h4-6,9-10,12-13,21,25H,7-8,11H2,1-3H3,(H2,20,22,23,24)/t13-/m1/s1. The molecule has 0 fully saturated rings. The summed E-state index contributed by atoms with van der Waals surface area (Å²) in [5.74, 6) is 1.05. The van der Waals surface area contributed by atoms with E-state index < -0.39 is 10.0 Å². The van der Waals surface area contributed by atoms with Crippen LogP contribution in [0.1, 0.15) is 27.2 Å². The van der Waals surface area contributed by atoms with Crippen LogP contribution in [0, 0.1) is 5.92 Å². The zero-order valence-electron chi connectivity index (χ0n) is 16.3. The van der Waals surface area contributed by atoms with E-state index in [0.717, 1.165) is 6.42 Å². The van der Waals surface area contributed by atoms with Gasteiger partial charge in [0.15, 0.2) is 0 Å². The van der Waals surface area contributed by atoms with E-state index >= 15 is 0 Å². The third-order valence-corrected chi connectivity index (χ3v) is 5.35. The molecule has 4 N–H and O–H groups in total. The second-order valence-corrected chi connectivity index (χ2v) is 8.73. The summed E-state index contributed by atoms with van der Waals surface area (Å²) in [7, 11) is 2.25. The number of hydrogen-bond donors (Lipinski definition) is 4. The summed E-state index contributed by atoms with van der Waals surface area (Å²) in [4.78, 5) is 8.55. The Kier molecular flexibility index (Phi) is 7.79. The van der Waals surface area contributed by atoms with Crippen LogP contribution in [0.15, 0.2) is 35.4 Å². The normalized spacial score (nSPS) is 12.8. The molecule has 2 radical (unpaired) electrons. The SMILES string of the molecule is [B]c1cnc(Nc2cccc(S(=O)(=O)NCCC(C)C)c2)nc1N[C@H](C)CO. The molecule has 10 heteroatoms. The summed E-state index contributed by atoms with van der Waals surface area (Å²) in [6.45, 7) is 6.17. The fourth-order valence-electron chi connectivity index (χ4n) is 2.28. The van der Waals surface area contributed by atoms with Crippen molar-refractivity contribution < 1.29 is 13.5 Å². The number of nitrogens with one attached hydrogen (secondary N) is 3. The monoisotopic (exact) mass is 403 g/mol. The molecular formula is C18H26BN5O3S. The number of rotatable bonds is 10. The van der Waals surface area contributed by atoms with Gasteiger partial charge in [-0.15, -0.1) is 0 Å². The summed E-state index contributed by atoms with van der Waals surface area (Å²) in [6.07, 6.45) is 2.20. The number of hydrogen-bond acceptors (Lipinski definition) is 7. The van der Waals surface area contributed by atoms with Crippen molar-refractivity contribution in [2.24, 2.45) is 5.92 Å². The first-order valence-electron chi connectivity index (χ1n) is 9.08. The molecule has 2 aromatic rings. The van der Waals surface area contributed by atoms with Crippen molar-refractivity contribution in [1.29, 1.82) is 0 Å². The minimum atomic E-state index is -3.60. The zero-order chi connectivity index (χ0) is 20.7. The van der Waals surface area contributed by atoms with E-state index in [1.165, 1.54) is 18.3 Å². The summed E-state index contributed by atoms with van der Waals surface area (Å²) < 4.78 is 27.5. The Bertz CT molecular complexity index is 893. The zero-order valence-corrected chi connectivity index (χ0v) is 17.1. The largest absolute Gasteiger partial charge is 0.394 e. The molecule has 0 amide bonds. The van der Waals surface area contributed by atoms with Crippen molar-refractivity contribution in [2.75, 3.05) is 23.8 Å². The Morgan fingerprint density at radius 2 is 2.00 bits per heavy atom. The fraction of sp³-hybridized carbons (Fsp3) is 0.444. The van der Waals surface area contributed by atoms with Crippen LogP contribution in [0.5, 0.6) is 0 Å². The average molecular weight is 403 g/mol. The van der Waals surface area contributed by atoms with E-state index in [1.54, 1.807) is 19.1 Å². The molecule has 0 saturated carbocycles. The second-order valence-electron chi connectivity index (χ2n) is 6.96. The first kappa shape index (κ1) is 22.1. The van der Waals surface area contributed by atoms with Gasteiger partial charge in [0.25, 0.3) is 0 Å². The number of nitrogens with zero attached hydrogens (tertiary/aromatic N) is 2. The summed E-state index contributed by atoms with van der Waals surface area (Å²) in [5, 5.41) is 15.1. The average Bonchev–Trinajstić information content (AvgIpc) is 2.64. The van der Waals surface area contributed by atoms with Gasteiger partial charge in [-0.3, -0.25) is 0 Å². The van der Waals surface area contributed by atoms with Gasteiger partial charge < -0.3 is 15.7 Å². The lowest BCUT2D eigenvalue weighted by molar-refractivity contribution is 0.281. The molecule has 1 atom stereocenters. The third-order valence-electron chi connectivity index (χ3n) is 3.89. The van der Waals surface area contributed by atoms with Crippen LogP contribution >= 0.6 is 0 Å². The molecule has 8 nitrogen and oxygen atoms in total. The van der Waals surface area contributed by atoms with Crippen molar-refractivity contribution in [3.05, 3.63) is 30.5 Å². The molecule has 1 aromatic heterocycles. The fourth-order valence-corrected chi connectivity index (χ4v) is 3.37. The molecule has 28 heavy (non-hydrogen) atoms. The van der Waals surface area contributed by atoms with Gasteiger partial charge in [0, 0.05) is 24.5 Å². The number of benzene rings is 1. The first-order chi connectivity index (χ1) is 13.2. The predicted octanol–water partition coefficient (Wildman–Crippen LogP) is 1.13. The van der Waals surface area contributed by atoms with Gasteiger partial charge in [0.05, 0.1) is 11.5 Å². The quantitative estimate of drug-likeness (QED) is 0.440. The van der Waals surface area contributed by atoms with Crippen LogP contribution in [0.2, 0.25) is 0 Å². The van der Waals surface area contributed by atoms with Crippen LogP contribution in [-0.4, -0.2) is 50.5 Å². The van der Waals surface area contributed by atoms with Gasteiger partial charge in [-0.1, -0.05) is 19.9 Å². The number of aromatic nitrogens is 2. The van der Waals surface area contributed by atoms with E-state index in [0.29, 0.717) is 29.4 Å². The maximum Gasteiger partial charge on any atom is 0.240 e. The highest BCUT2D eigenvalue weighted by Gasteiger charge is 2.14. The highest BCUT2D eigenvalue weighted by Crippen LogP contribution is 2.18. The smallest absolute Gasteiger partial charge is 0.240 e. The summed E-state index contributed by atoms with van der Waals surface area (Å²) in [5.41, 5.74) is 0.870. The van der Waals surface area contributed by atoms with Crippen molar-refractivity contribution in [3.8, 4) is 0 Å². The molecule has 0 bridgehead atoms. The lowest BCUT2D eigenvalue weighted by Crippen LogP contribution is -2.26. The Morgan fingerprint density at radius 1 is 1.25 bits per heavy atom. The van der Waals surface area contributed by atoms with Crippen molar-refractivity contribution in [2.45, 2.75) is 38.1 Å². The summed E-state index contributed by atoms with van der Waals surface area (Å²) >= 11 is 0. The number of aliphatic hydroxyl groups is 1. The van der Waals surface area contributed by atoms with Gasteiger partial charge in [-0.25, -0.2) is 18.1 Å². The van der Waals surface area contributed by atoms with Crippen molar-refractivity contribution >= 4 is 40.8 Å². The molecule has 0 spiro atoms. The second kappa shape index (κ2) is 9.86. The molecule has 0 saturated heterocycles. The van der Waals surface area contributed by atoms with Gasteiger partial charge in [-0.2, -0.15) is 4.98 Å². The van der Waals surface area contributed by atoms with Crippen LogP contribution in [0.4, 0.5) is 17.5 Å². The first-order valence-corrected chi connectivity index (χ1v) is 10.6. The Morgan fingerprint density at radius 3 is 2.68 bits per heavy atom. The topological polar surface area (TPSA) is 116 Å². The van der Waals surface area contributed by atoms with E-state index in [-0.39, 0.29) is 23.5 Å². The number of anilines is 3. The number of aliphatic hydroxyl groups excluding tert-OH is 1. The van der Waals surface area contributed by atoms with E-state index in [2.05, 4.69) is 25.3 Å². The van der Waals surface area contributed by atoms with Gasteiger partial charge in [0.2, 0.25) is 16.0 Å². The van der Waals surface area contributed by atoms with Gasteiger partial charge in [0.1, 0.15) is 13.7 Å². The highest BCUT2D eigenvalue weighted by molar-refractivity contribution is 7.89. The van der Waals surface area contributed by atoms with Gasteiger partial charge in [-0.05, 0) is 42.9 Å². The Balaban J connectivity index is 2.15. The van der Waals surface area contributed by atoms with Gasteiger partial charge >= 0.3 is 0 Å². The molecule has 0 aliphatic heterocycles. The maximum absolute atomic E-state index is 12.5. The maximum atomic E-state index is 12.5. The Hall–Kier alpha value is -2.17. The third kappa shape index (κ3) is 6.47. The minimum absolute atomic E-state index is 0.0735. The van der Waals surface area contributed by atoms with E-state index in [9.17, 15) is 8.42 Å². The van der Waals surface area contributed by atoms with E-state index in [1.807, 2.05) is 13.8 Å². The van der Waals surface area contributed by atoms with Crippen LogP contribution in [0.25, 0.3) is 0 Å². The molecule has 1 heterocycles. The van der Waals surface area contributed by atoms with Crippen molar-refractivity contribution in [3.63, 3.8) is 0 Å². The molecule has 2 rings (SSSR count). The minimum Gasteiger partial charge on any atom is -0.394 e. The van der Waals surface area contributed by atoms with Crippen LogP contribution in [-0.2, 0) is 10.0 Å². The predicted molar refractivity (Wildman–Crippen MR) is 112 cm³/mol. The Labute approximate surface area is 167 Å². The van der Waals surface area contributed by atoms with E-state index in [4.69, 9.17) is 13.0 Å². The molecule has 1 aromatic carbocycles. The van der Waals surface area contributed by atoms with Crippen LogP contribution in [0.3, 0.4) is 0 Å². The highest BCUT2D eigenvalue weighted by atomic mass is 32.2. The number of sulfonamides is 1. The molecule has 0 aliphatic rings.